The molecule has 0 amide bonds. The molecule has 0 aliphatic heterocycles. The zero-order valence-corrected chi connectivity index (χ0v) is 13.6. The summed E-state index contributed by atoms with van der Waals surface area (Å²) in [6, 6.07) is 0. The molecule has 0 saturated heterocycles. The van der Waals surface area contributed by atoms with E-state index in [0.717, 1.165) is 44.9 Å². The lowest BCUT2D eigenvalue weighted by Crippen LogP contribution is -2.46. The van der Waals surface area contributed by atoms with Crippen molar-refractivity contribution in [1.82, 2.24) is 0 Å². The number of unbranched alkanes of at least 4 members (excludes halogenated alkanes) is 5. The quantitative estimate of drug-likeness (QED) is 0.379. The monoisotopic (exact) mass is 290 g/mol. The third-order valence-corrected chi connectivity index (χ3v) is 3.37. The first-order valence-electron chi connectivity index (χ1n) is 8.28. The molecule has 2 N–H and O–H groups in total. The molecule has 0 aromatic carbocycles. The molecule has 0 bridgehead atoms. The predicted molar refractivity (Wildman–Crippen MR) is 81.4 cm³/mol. The Morgan fingerprint density at radius 3 is 2.00 bits per heavy atom. The number of rotatable bonds is 14. The Kier molecular flexibility index (Phi) is 12.5. The Bertz CT molecular complexity index is 207. The van der Waals surface area contributed by atoms with E-state index < -0.39 is 12.1 Å². The van der Waals surface area contributed by atoms with E-state index in [9.17, 15) is 10.2 Å². The number of ether oxygens (including phenoxy) is 2. The molecule has 0 heterocycles. The molecule has 0 fully saturated rings. The predicted octanol–water partition coefficient (Wildman–Crippen LogP) is 3.60. The van der Waals surface area contributed by atoms with Crippen molar-refractivity contribution in [1.29, 1.82) is 0 Å². The molecule has 0 aliphatic rings. The second kappa shape index (κ2) is 12.6. The van der Waals surface area contributed by atoms with Gasteiger partial charge in [0.25, 0.3) is 0 Å². The van der Waals surface area contributed by atoms with E-state index in [1.807, 2.05) is 6.92 Å². The van der Waals surface area contributed by atoms with Crippen LogP contribution in [0.3, 0.4) is 0 Å². The average Bonchev–Trinajstić information content (AvgIpc) is 2.41. The molecule has 0 radical (unpaired) electrons. The van der Waals surface area contributed by atoms with Gasteiger partial charge in [0.15, 0.2) is 0 Å². The third-order valence-electron chi connectivity index (χ3n) is 3.37. The highest BCUT2D eigenvalue weighted by atomic mass is 16.8. The van der Waals surface area contributed by atoms with Gasteiger partial charge in [-0.15, -0.1) is 0 Å². The van der Waals surface area contributed by atoms with Crippen molar-refractivity contribution in [3.63, 3.8) is 0 Å². The van der Waals surface area contributed by atoms with E-state index in [-0.39, 0.29) is 0 Å². The van der Waals surface area contributed by atoms with Crippen molar-refractivity contribution in [2.75, 3.05) is 13.2 Å². The fraction of sp³-hybridized carbons (Fsp3) is 1.00. The zero-order chi connectivity index (χ0) is 15.3. The molecule has 0 saturated carbocycles. The van der Waals surface area contributed by atoms with Crippen LogP contribution in [-0.4, -0.2) is 35.5 Å². The van der Waals surface area contributed by atoms with Gasteiger partial charge < -0.3 is 19.7 Å². The average molecular weight is 290 g/mol. The van der Waals surface area contributed by atoms with E-state index in [2.05, 4.69) is 13.8 Å². The fourth-order valence-corrected chi connectivity index (χ4v) is 1.97. The van der Waals surface area contributed by atoms with Crippen LogP contribution >= 0.6 is 0 Å². The molecule has 0 aromatic rings. The Morgan fingerprint density at radius 2 is 1.40 bits per heavy atom. The molecule has 0 aromatic heterocycles. The number of hydrogen-bond donors (Lipinski definition) is 2. The van der Waals surface area contributed by atoms with Gasteiger partial charge in [-0.05, 0) is 19.3 Å². The van der Waals surface area contributed by atoms with Gasteiger partial charge in [0.05, 0.1) is 6.61 Å². The maximum atomic E-state index is 10.1. The summed E-state index contributed by atoms with van der Waals surface area (Å²) in [6.07, 6.45) is 8.08. The zero-order valence-electron chi connectivity index (χ0n) is 13.6. The minimum Gasteiger partial charge on any atom is -0.370 e. The lowest BCUT2D eigenvalue weighted by atomic mass is 10.1. The Morgan fingerprint density at radius 1 is 0.800 bits per heavy atom. The van der Waals surface area contributed by atoms with Crippen LogP contribution in [0.5, 0.6) is 0 Å². The van der Waals surface area contributed by atoms with Gasteiger partial charge in [-0.2, -0.15) is 0 Å². The summed E-state index contributed by atoms with van der Waals surface area (Å²) in [5.41, 5.74) is 0. The van der Waals surface area contributed by atoms with E-state index >= 15 is 0 Å². The van der Waals surface area contributed by atoms with Crippen LogP contribution < -0.4 is 0 Å². The summed E-state index contributed by atoms with van der Waals surface area (Å²) in [4.78, 5) is 0. The lowest BCUT2D eigenvalue weighted by Gasteiger charge is -2.31. The standard InChI is InChI=1S/C16H34O4/c1-4-7-10-11-12-15(19-13-8-5-2)16(17,18)20-14-9-6-3/h15,17-18H,4-14H2,1-3H3. The van der Waals surface area contributed by atoms with Crippen molar-refractivity contribution in [3.05, 3.63) is 0 Å². The van der Waals surface area contributed by atoms with Gasteiger partial charge >= 0.3 is 5.97 Å². The lowest BCUT2D eigenvalue weighted by molar-refractivity contribution is -0.383. The number of hydrogen-bond acceptors (Lipinski definition) is 4. The molecular weight excluding hydrogens is 256 g/mol. The molecule has 0 spiro atoms. The maximum Gasteiger partial charge on any atom is 0.305 e. The topological polar surface area (TPSA) is 58.9 Å². The van der Waals surface area contributed by atoms with Crippen LogP contribution in [0.4, 0.5) is 0 Å². The van der Waals surface area contributed by atoms with Crippen LogP contribution in [0.2, 0.25) is 0 Å². The first-order chi connectivity index (χ1) is 9.58. The third kappa shape index (κ3) is 9.70. The van der Waals surface area contributed by atoms with Crippen LogP contribution in [0.15, 0.2) is 0 Å². The maximum absolute atomic E-state index is 10.1. The molecule has 0 rings (SSSR count). The molecule has 4 heteroatoms. The summed E-state index contributed by atoms with van der Waals surface area (Å²) >= 11 is 0. The molecule has 20 heavy (non-hydrogen) atoms. The summed E-state index contributed by atoms with van der Waals surface area (Å²) in [7, 11) is 0. The van der Waals surface area contributed by atoms with E-state index in [1.54, 1.807) is 0 Å². The Labute approximate surface area is 124 Å². The first kappa shape index (κ1) is 19.8. The van der Waals surface area contributed by atoms with Crippen molar-refractivity contribution < 1.29 is 19.7 Å². The highest BCUT2D eigenvalue weighted by Gasteiger charge is 2.36. The van der Waals surface area contributed by atoms with Gasteiger partial charge in [0.1, 0.15) is 6.10 Å². The van der Waals surface area contributed by atoms with Crippen LogP contribution in [0.1, 0.15) is 78.6 Å². The van der Waals surface area contributed by atoms with Gasteiger partial charge in [0.2, 0.25) is 0 Å². The second-order valence-electron chi connectivity index (χ2n) is 5.42. The van der Waals surface area contributed by atoms with E-state index in [1.165, 1.54) is 6.42 Å². The Hall–Kier alpha value is -0.160. The van der Waals surface area contributed by atoms with Gasteiger partial charge in [-0.1, -0.05) is 59.3 Å². The largest absolute Gasteiger partial charge is 0.370 e. The minimum absolute atomic E-state index is 0.353. The summed E-state index contributed by atoms with van der Waals surface area (Å²) in [5, 5.41) is 20.1. The first-order valence-corrected chi connectivity index (χ1v) is 8.28. The highest BCUT2D eigenvalue weighted by molar-refractivity contribution is 4.68. The molecule has 122 valence electrons. The molecular formula is C16H34O4. The SMILES string of the molecule is CCCCCCC(OCCCC)C(O)(O)OCCCC. The normalized spacial score (nSPS) is 13.7. The second-order valence-corrected chi connectivity index (χ2v) is 5.42. The van der Waals surface area contributed by atoms with Gasteiger partial charge in [-0.3, -0.25) is 0 Å². The molecule has 1 atom stereocenters. The van der Waals surface area contributed by atoms with E-state index in [0.29, 0.717) is 19.6 Å². The van der Waals surface area contributed by atoms with Crippen molar-refractivity contribution in [2.24, 2.45) is 0 Å². The Balaban J connectivity index is 4.22. The van der Waals surface area contributed by atoms with E-state index in [4.69, 9.17) is 9.47 Å². The van der Waals surface area contributed by atoms with Crippen LogP contribution in [-0.2, 0) is 9.47 Å². The fourth-order valence-electron chi connectivity index (χ4n) is 1.97. The highest BCUT2D eigenvalue weighted by Crippen LogP contribution is 2.20. The van der Waals surface area contributed by atoms with Crippen LogP contribution in [0.25, 0.3) is 0 Å². The van der Waals surface area contributed by atoms with Gasteiger partial charge in [-0.25, -0.2) is 0 Å². The van der Waals surface area contributed by atoms with Gasteiger partial charge in [0, 0.05) is 6.61 Å². The summed E-state index contributed by atoms with van der Waals surface area (Å²) < 4.78 is 10.8. The number of aliphatic hydroxyl groups is 2. The van der Waals surface area contributed by atoms with Crippen molar-refractivity contribution in [2.45, 2.75) is 90.6 Å². The molecule has 1 unspecified atom stereocenters. The molecule has 4 nitrogen and oxygen atoms in total. The summed E-state index contributed by atoms with van der Waals surface area (Å²) in [5.74, 6) is -2.16. The summed E-state index contributed by atoms with van der Waals surface area (Å²) in [6.45, 7) is 7.19. The van der Waals surface area contributed by atoms with Crippen LogP contribution in [0, 0.1) is 0 Å². The van der Waals surface area contributed by atoms with Crippen molar-refractivity contribution in [3.8, 4) is 0 Å². The van der Waals surface area contributed by atoms with Crippen molar-refractivity contribution >= 4 is 0 Å². The molecule has 0 aliphatic carbocycles. The minimum atomic E-state index is -2.16. The smallest absolute Gasteiger partial charge is 0.305 e.